The predicted molar refractivity (Wildman–Crippen MR) is 133 cm³/mol. The van der Waals surface area contributed by atoms with Crippen LogP contribution in [0.4, 0.5) is 5.69 Å². The normalized spacial score (nSPS) is 17.6. The highest BCUT2D eigenvalue weighted by atomic mass is 32.1. The molecule has 33 heavy (non-hydrogen) atoms. The third-order valence-corrected chi connectivity index (χ3v) is 6.17. The lowest BCUT2D eigenvalue weighted by molar-refractivity contribution is 0.413. The van der Waals surface area contributed by atoms with Crippen LogP contribution in [0.25, 0.3) is 5.69 Å². The largest absolute Gasteiger partial charge is 0.497 e. The zero-order valence-corrected chi connectivity index (χ0v) is 19.2. The molecule has 166 valence electrons. The molecule has 1 aliphatic heterocycles. The quantitative estimate of drug-likeness (QED) is 0.409. The van der Waals surface area contributed by atoms with Gasteiger partial charge in [-0.3, -0.25) is 4.98 Å². The number of thiocarbonyl (C=S) groups is 1. The van der Waals surface area contributed by atoms with Gasteiger partial charge in [0.2, 0.25) is 0 Å². The summed E-state index contributed by atoms with van der Waals surface area (Å²) in [5, 5.41) is 4.13. The van der Waals surface area contributed by atoms with E-state index in [1.807, 2.05) is 72.9 Å². The molecule has 0 saturated carbocycles. The van der Waals surface area contributed by atoms with E-state index in [1.54, 1.807) is 14.2 Å². The van der Waals surface area contributed by atoms with Crippen molar-refractivity contribution in [3.8, 4) is 17.2 Å². The van der Waals surface area contributed by atoms with E-state index in [1.165, 1.54) is 0 Å². The summed E-state index contributed by atoms with van der Waals surface area (Å²) in [6.45, 7) is 0. The zero-order chi connectivity index (χ0) is 22.8. The monoisotopic (exact) mass is 456 g/mol. The Morgan fingerprint density at radius 1 is 0.909 bits per heavy atom. The molecule has 3 heterocycles. The first-order valence-electron chi connectivity index (χ1n) is 10.7. The lowest BCUT2D eigenvalue weighted by Crippen LogP contribution is -2.30. The van der Waals surface area contributed by atoms with Gasteiger partial charge in [-0.05, 0) is 60.7 Å². The molecule has 1 N–H and O–H groups in total. The summed E-state index contributed by atoms with van der Waals surface area (Å²) in [5.74, 6) is 1.56. The SMILES string of the molecule is COc1cccc(-n2cccc2[C@H]2[C@@H](c3ccccn3)NC(=S)N2c2ccccc2OC)c1. The molecule has 2 atom stereocenters. The van der Waals surface area contributed by atoms with Crippen molar-refractivity contribution in [2.75, 3.05) is 19.1 Å². The molecule has 1 fully saturated rings. The summed E-state index contributed by atoms with van der Waals surface area (Å²) in [6, 6.07) is 25.7. The van der Waals surface area contributed by atoms with E-state index in [0.29, 0.717) is 5.11 Å². The molecule has 1 saturated heterocycles. The van der Waals surface area contributed by atoms with Gasteiger partial charge in [0.15, 0.2) is 5.11 Å². The molecule has 1 aliphatic rings. The maximum Gasteiger partial charge on any atom is 0.174 e. The second kappa shape index (κ2) is 8.96. The first kappa shape index (κ1) is 21.0. The van der Waals surface area contributed by atoms with E-state index < -0.39 is 0 Å². The maximum absolute atomic E-state index is 5.86. The van der Waals surface area contributed by atoms with Crippen LogP contribution >= 0.6 is 12.2 Å². The minimum atomic E-state index is -0.162. The second-order valence-electron chi connectivity index (χ2n) is 7.67. The van der Waals surface area contributed by atoms with Crippen molar-refractivity contribution in [2.45, 2.75) is 12.1 Å². The van der Waals surface area contributed by atoms with E-state index in [-0.39, 0.29) is 12.1 Å². The number of hydrogen-bond acceptors (Lipinski definition) is 4. The number of benzene rings is 2. The summed E-state index contributed by atoms with van der Waals surface area (Å²) in [7, 11) is 3.35. The summed E-state index contributed by atoms with van der Waals surface area (Å²) in [4.78, 5) is 6.77. The van der Waals surface area contributed by atoms with Gasteiger partial charge in [0, 0.05) is 29.8 Å². The molecule has 4 aromatic rings. The Labute approximate surface area is 198 Å². The number of methoxy groups -OCH3 is 2. The maximum atomic E-state index is 5.86. The number of rotatable bonds is 6. The van der Waals surface area contributed by atoms with Crippen molar-refractivity contribution in [1.82, 2.24) is 14.9 Å². The van der Waals surface area contributed by atoms with Crippen molar-refractivity contribution in [1.29, 1.82) is 0 Å². The molecule has 6 nitrogen and oxygen atoms in total. The summed E-state index contributed by atoms with van der Waals surface area (Å²) < 4.78 is 13.3. The zero-order valence-electron chi connectivity index (χ0n) is 18.4. The molecule has 0 radical (unpaired) electrons. The fourth-order valence-corrected chi connectivity index (χ4v) is 4.71. The number of para-hydroxylation sites is 2. The number of anilines is 1. The molecule has 0 unspecified atom stereocenters. The Bertz CT molecular complexity index is 1270. The third kappa shape index (κ3) is 3.81. The topological polar surface area (TPSA) is 51.5 Å². The van der Waals surface area contributed by atoms with Crippen molar-refractivity contribution < 1.29 is 9.47 Å². The average molecular weight is 457 g/mol. The van der Waals surface area contributed by atoms with E-state index in [4.69, 9.17) is 21.7 Å². The fraction of sp³-hybridized carbons (Fsp3) is 0.154. The molecule has 2 aromatic carbocycles. The molecule has 0 bridgehead atoms. The van der Waals surface area contributed by atoms with Crippen molar-refractivity contribution in [2.24, 2.45) is 0 Å². The van der Waals surface area contributed by atoms with Crippen LogP contribution in [0, 0.1) is 0 Å². The van der Waals surface area contributed by atoms with Crippen LogP contribution in [0.5, 0.6) is 11.5 Å². The molecule has 0 amide bonds. The van der Waals surface area contributed by atoms with Crippen LogP contribution in [0.1, 0.15) is 23.5 Å². The summed E-state index contributed by atoms with van der Waals surface area (Å²) in [5.41, 5.74) is 3.89. The Hall–Kier alpha value is -3.84. The Morgan fingerprint density at radius 3 is 2.55 bits per heavy atom. The highest BCUT2D eigenvalue weighted by Crippen LogP contribution is 2.44. The van der Waals surface area contributed by atoms with Crippen LogP contribution < -0.4 is 19.7 Å². The predicted octanol–water partition coefficient (Wildman–Crippen LogP) is 5.07. The molecule has 0 aliphatic carbocycles. The van der Waals surface area contributed by atoms with Crippen molar-refractivity contribution in [3.63, 3.8) is 0 Å². The average Bonchev–Trinajstić information content (AvgIpc) is 3.48. The molecule has 2 aromatic heterocycles. The molecule has 0 spiro atoms. The van der Waals surface area contributed by atoms with Gasteiger partial charge in [0.25, 0.3) is 0 Å². The van der Waals surface area contributed by atoms with E-state index in [0.717, 1.165) is 34.3 Å². The Balaban J connectivity index is 1.69. The van der Waals surface area contributed by atoms with Crippen LogP contribution in [0.3, 0.4) is 0 Å². The van der Waals surface area contributed by atoms with Crippen molar-refractivity contribution in [3.05, 3.63) is 103 Å². The smallest absolute Gasteiger partial charge is 0.174 e. The standard InChI is InChI=1S/C26H24N4O2S/c1-31-19-10-7-9-18(17-19)29-16-8-13-22(29)25-24(20-11-5-6-15-27-20)28-26(33)30(25)21-12-3-4-14-23(21)32-2/h3-17,24-25H,1-2H3,(H,28,33)/t24-,25+/m1/s1. The lowest BCUT2D eigenvalue weighted by atomic mass is 10.0. The van der Waals surface area contributed by atoms with Gasteiger partial charge in [-0.15, -0.1) is 0 Å². The number of nitrogens with zero attached hydrogens (tertiary/aromatic N) is 3. The van der Waals surface area contributed by atoms with Crippen LogP contribution in [-0.4, -0.2) is 28.9 Å². The minimum Gasteiger partial charge on any atom is -0.497 e. The van der Waals surface area contributed by atoms with Gasteiger partial charge in [0.05, 0.1) is 31.6 Å². The van der Waals surface area contributed by atoms with E-state index in [2.05, 4.69) is 38.1 Å². The van der Waals surface area contributed by atoms with Gasteiger partial charge < -0.3 is 24.3 Å². The first-order chi connectivity index (χ1) is 16.2. The molecule has 7 heteroatoms. The van der Waals surface area contributed by atoms with Gasteiger partial charge in [-0.25, -0.2) is 0 Å². The van der Waals surface area contributed by atoms with E-state index >= 15 is 0 Å². The Kier molecular flexibility index (Phi) is 5.71. The third-order valence-electron chi connectivity index (χ3n) is 5.86. The lowest BCUT2D eigenvalue weighted by Gasteiger charge is -2.30. The van der Waals surface area contributed by atoms with Gasteiger partial charge in [0.1, 0.15) is 17.5 Å². The second-order valence-corrected chi connectivity index (χ2v) is 8.06. The van der Waals surface area contributed by atoms with E-state index in [9.17, 15) is 0 Å². The molecular weight excluding hydrogens is 432 g/mol. The number of aromatic nitrogens is 2. The number of ether oxygens (including phenoxy) is 2. The highest BCUT2D eigenvalue weighted by molar-refractivity contribution is 7.80. The van der Waals surface area contributed by atoms with Gasteiger partial charge in [-0.2, -0.15) is 0 Å². The number of pyridine rings is 1. The highest BCUT2D eigenvalue weighted by Gasteiger charge is 2.43. The van der Waals surface area contributed by atoms with Gasteiger partial charge in [-0.1, -0.05) is 24.3 Å². The van der Waals surface area contributed by atoms with Crippen LogP contribution in [0.2, 0.25) is 0 Å². The van der Waals surface area contributed by atoms with Crippen molar-refractivity contribution >= 4 is 23.0 Å². The van der Waals surface area contributed by atoms with Gasteiger partial charge >= 0.3 is 0 Å². The number of nitrogens with one attached hydrogen (secondary N) is 1. The minimum absolute atomic E-state index is 0.150. The fourth-order valence-electron chi connectivity index (χ4n) is 4.37. The number of hydrogen-bond donors (Lipinski definition) is 1. The summed E-state index contributed by atoms with van der Waals surface area (Å²) in [6.07, 6.45) is 3.87. The Morgan fingerprint density at radius 2 is 1.76 bits per heavy atom. The first-order valence-corrected chi connectivity index (χ1v) is 11.1. The van der Waals surface area contributed by atoms with Crippen LogP contribution in [0.15, 0.2) is 91.3 Å². The molecule has 5 rings (SSSR count). The van der Waals surface area contributed by atoms with Crippen LogP contribution in [-0.2, 0) is 0 Å². The molecular formula is C26H24N4O2S. The summed E-state index contributed by atoms with van der Waals surface area (Å²) >= 11 is 5.86.